The lowest BCUT2D eigenvalue weighted by atomic mass is 9.85. The van der Waals surface area contributed by atoms with Gasteiger partial charge in [-0.05, 0) is 19.9 Å². The molecule has 17 heavy (non-hydrogen) atoms. The van der Waals surface area contributed by atoms with E-state index in [2.05, 4.69) is 10.2 Å². The highest BCUT2D eigenvalue weighted by Crippen LogP contribution is 2.30. The first-order valence-electron chi connectivity index (χ1n) is 4.73. The maximum absolute atomic E-state index is 11.8. The van der Waals surface area contributed by atoms with Gasteiger partial charge >= 0.3 is 5.97 Å². The van der Waals surface area contributed by atoms with Crippen molar-refractivity contribution in [3.05, 3.63) is 21.9 Å². The molecule has 0 aliphatic heterocycles. The Balaban J connectivity index is 3.31. The molecule has 1 unspecified atom stereocenters. The van der Waals surface area contributed by atoms with Crippen molar-refractivity contribution in [2.45, 2.75) is 19.3 Å². The second kappa shape index (κ2) is 5.30. The van der Waals surface area contributed by atoms with E-state index in [0.29, 0.717) is 0 Å². The van der Waals surface area contributed by atoms with E-state index in [4.69, 9.17) is 33.2 Å². The van der Waals surface area contributed by atoms with Crippen LogP contribution in [0.4, 0.5) is 0 Å². The molecule has 0 aromatic carbocycles. The molecule has 0 saturated carbocycles. The molecular formula is C10H9Cl2N3O2. The molecule has 0 N–H and O–H groups in total. The van der Waals surface area contributed by atoms with Gasteiger partial charge in [0.2, 0.25) is 0 Å². The molecule has 0 radical (unpaired) electrons. The molecule has 1 heterocycles. The molecule has 1 atom stereocenters. The molecular weight excluding hydrogens is 265 g/mol. The molecule has 0 aliphatic carbocycles. The van der Waals surface area contributed by atoms with Crippen molar-refractivity contribution in [2.75, 3.05) is 6.61 Å². The Labute approximate surface area is 108 Å². The average Bonchev–Trinajstić information content (AvgIpc) is 2.31. The zero-order chi connectivity index (χ0) is 13.1. The summed E-state index contributed by atoms with van der Waals surface area (Å²) in [6.07, 6.45) is 0. The second-order valence-corrected chi connectivity index (χ2v) is 4.07. The van der Waals surface area contributed by atoms with E-state index < -0.39 is 11.4 Å². The Hall–Kier alpha value is -1.38. The van der Waals surface area contributed by atoms with Crippen LogP contribution in [0, 0.1) is 11.3 Å². The van der Waals surface area contributed by atoms with Crippen LogP contribution in [0.15, 0.2) is 6.07 Å². The fraction of sp³-hybridized carbons (Fsp3) is 0.400. The lowest BCUT2D eigenvalue weighted by Gasteiger charge is -2.20. The van der Waals surface area contributed by atoms with Crippen LogP contribution >= 0.6 is 23.2 Å². The summed E-state index contributed by atoms with van der Waals surface area (Å²) in [5.41, 5.74) is -1.37. The van der Waals surface area contributed by atoms with Crippen LogP contribution in [0.2, 0.25) is 10.3 Å². The Morgan fingerprint density at radius 2 is 2.24 bits per heavy atom. The second-order valence-electron chi connectivity index (χ2n) is 3.33. The van der Waals surface area contributed by atoms with Gasteiger partial charge in [-0.15, -0.1) is 10.2 Å². The van der Waals surface area contributed by atoms with Gasteiger partial charge in [0.15, 0.2) is 15.7 Å². The molecule has 1 aromatic rings. The topological polar surface area (TPSA) is 75.9 Å². The van der Waals surface area contributed by atoms with Gasteiger partial charge in [-0.2, -0.15) is 5.26 Å². The van der Waals surface area contributed by atoms with Gasteiger partial charge in [-0.3, -0.25) is 0 Å². The number of aromatic nitrogens is 2. The van der Waals surface area contributed by atoms with Crippen LogP contribution in [-0.4, -0.2) is 22.8 Å². The van der Waals surface area contributed by atoms with Crippen LogP contribution in [0.5, 0.6) is 0 Å². The number of halogens is 2. The number of rotatable bonds is 3. The van der Waals surface area contributed by atoms with Crippen molar-refractivity contribution >= 4 is 29.2 Å². The van der Waals surface area contributed by atoms with Gasteiger partial charge in [0.1, 0.15) is 0 Å². The highest BCUT2D eigenvalue weighted by Gasteiger charge is 2.40. The van der Waals surface area contributed by atoms with Crippen molar-refractivity contribution in [3.63, 3.8) is 0 Å². The summed E-state index contributed by atoms with van der Waals surface area (Å²) in [6.45, 7) is 3.21. The third kappa shape index (κ3) is 2.65. The summed E-state index contributed by atoms with van der Waals surface area (Å²) < 4.78 is 4.84. The Morgan fingerprint density at radius 3 is 2.76 bits per heavy atom. The van der Waals surface area contributed by atoms with E-state index in [0.717, 1.165) is 0 Å². The number of hydrogen-bond donors (Lipinski definition) is 0. The van der Waals surface area contributed by atoms with E-state index >= 15 is 0 Å². The molecule has 0 bridgehead atoms. The molecule has 90 valence electrons. The monoisotopic (exact) mass is 273 g/mol. The molecule has 0 aliphatic rings. The van der Waals surface area contributed by atoms with Crippen molar-refractivity contribution in [3.8, 4) is 6.07 Å². The van der Waals surface area contributed by atoms with Crippen LogP contribution in [0.3, 0.4) is 0 Å². The maximum atomic E-state index is 11.8. The Bertz CT molecular complexity index is 487. The minimum Gasteiger partial charge on any atom is -0.465 e. The summed E-state index contributed by atoms with van der Waals surface area (Å²) in [7, 11) is 0. The number of esters is 1. The molecule has 7 heteroatoms. The van der Waals surface area contributed by atoms with Crippen LogP contribution in [-0.2, 0) is 14.9 Å². The number of nitriles is 1. The van der Waals surface area contributed by atoms with E-state index in [1.165, 1.54) is 13.0 Å². The van der Waals surface area contributed by atoms with Gasteiger partial charge in [-0.1, -0.05) is 23.2 Å². The first-order chi connectivity index (χ1) is 7.95. The fourth-order valence-electron chi connectivity index (χ4n) is 1.19. The summed E-state index contributed by atoms with van der Waals surface area (Å²) in [5, 5.41) is 16.2. The smallest absolute Gasteiger partial charge is 0.330 e. The normalized spacial score (nSPS) is 13.6. The van der Waals surface area contributed by atoms with Crippen molar-refractivity contribution in [1.82, 2.24) is 10.2 Å². The molecule has 0 amide bonds. The van der Waals surface area contributed by atoms with Crippen molar-refractivity contribution < 1.29 is 9.53 Å². The number of ether oxygens (including phenoxy) is 1. The molecule has 0 spiro atoms. The zero-order valence-electron chi connectivity index (χ0n) is 9.20. The Kier molecular flexibility index (Phi) is 4.27. The lowest BCUT2D eigenvalue weighted by Crippen LogP contribution is -2.33. The number of carbonyl (C=O) groups is 1. The molecule has 1 aromatic heterocycles. The third-order valence-electron chi connectivity index (χ3n) is 2.16. The van der Waals surface area contributed by atoms with Crippen LogP contribution in [0.25, 0.3) is 0 Å². The highest BCUT2D eigenvalue weighted by molar-refractivity contribution is 6.32. The van der Waals surface area contributed by atoms with E-state index in [9.17, 15) is 4.79 Å². The van der Waals surface area contributed by atoms with Gasteiger partial charge < -0.3 is 4.74 Å². The first kappa shape index (κ1) is 13.7. The number of hydrogen-bond acceptors (Lipinski definition) is 5. The van der Waals surface area contributed by atoms with Gasteiger partial charge in [0, 0.05) is 5.56 Å². The fourth-order valence-corrected chi connectivity index (χ4v) is 1.62. The van der Waals surface area contributed by atoms with Gasteiger partial charge in [0.25, 0.3) is 0 Å². The highest BCUT2D eigenvalue weighted by atomic mass is 35.5. The lowest BCUT2D eigenvalue weighted by molar-refractivity contribution is -0.147. The van der Waals surface area contributed by atoms with E-state index in [1.54, 1.807) is 6.92 Å². The van der Waals surface area contributed by atoms with E-state index in [-0.39, 0.29) is 22.5 Å². The maximum Gasteiger partial charge on any atom is 0.330 e. The summed E-state index contributed by atoms with van der Waals surface area (Å²) in [5.74, 6) is -0.700. The summed E-state index contributed by atoms with van der Waals surface area (Å²) in [4.78, 5) is 11.8. The van der Waals surface area contributed by atoms with Gasteiger partial charge in [-0.25, -0.2) is 4.79 Å². The van der Waals surface area contributed by atoms with Crippen LogP contribution < -0.4 is 0 Å². The van der Waals surface area contributed by atoms with Gasteiger partial charge in [0.05, 0.1) is 12.7 Å². The summed E-state index contributed by atoms with van der Waals surface area (Å²) >= 11 is 11.5. The predicted molar refractivity (Wildman–Crippen MR) is 61.7 cm³/mol. The molecule has 1 rings (SSSR count). The standard InChI is InChI=1S/C10H9Cl2N3O2/c1-3-17-9(16)10(2,5-13)6-4-7(11)14-15-8(6)12/h4H,3H2,1-2H3. The zero-order valence-corrected chi connectivity index (χ0v) is 10.7. The SMILES string of the molecule is CCOC(=O)C(C)(C#N)c1cc(Cl)nnc1Cl. The molecule has 0 fully saturated rings. The minimum atomic E-state index is -1.55. The third-order valence-corrected chi connectivity index (χ3v) is 2.63. The largest absolute Gasteiger partial charge is 0.465 e. The number of nitrogens with zero attached hydrogens (tertiary/aromatic N) is 3. The predicted octanol–water partition coefficient (Wildman–Crippen LogP) is 2.13. The van der Waals surface area contributed by atoms with Crippen molar-refractivity contribution in [1.29, 1.82) is 5.26 Å². The molecule has 5 nitrogen and oxygen atoms in total. The number of carbonyl (C=O) groups excluding carboxylic acids is 1. The quantitative estimate of drug-likeness (QED) is 0.789. The molecule has 0 saturated heterocycles. The first-order valence-corrected chi connectivity index (χ1v) is 5.49. The van der Waals surface area contributed by atoms with Crippen molar-refractivity contribution in [2.24, 2.45) is 0 Å². The summed E-state index contributed by atoms with van der Waals surface area (Å²) in [6, 6.07) is 3.19. The van der Waals surface area contributed by atoms with E-state index in [1.807, 2.05) is 6.07 Å². The Morgan fingerprint density at radius 1 is 1.59 bits per heavy atom. The average molecular weight is 274 g/mol. The van der Waals surface area contributed by atoms with Crippen LogP contribution in [0.1, 0.15) is 19.4 Å². The minimum absolute atomic E-state index is 0.0495.